The molecule has 0 atom stereocenters. The van der Waals surface area contributed by atoms with E-state index in [9.17, 15) is 9.59 Å². The van der Waals surface area contributed by atoms with E-state index < -0.39 is 5.97 Å². The van der Waals surface area contributed by atoms with Crippen molar-refractivity contribution >= 4 is 67.0 Å². The quantitative estimate of drug-likeness (QED) is 0.415. The average molecular weight is 499 g/mol. The molecule has 0 saturated heterocycles. The molecule has 0 spiro atoms. The average Bonchev–Trinajstić information content (AvgIpc) is 2.92. The SMILES string of the molecule is O=C(COC(=O)c1[nH]c2ccccc2c1Br)Nc1ccccc1I. The number of hydrogen-bond acceptors (Lipinski definition) is 3. The zero-order valence-electron chi connectivity index (χ0n) is 12.3. The van der Waals surface area contributed by atoms with Crippen LogP contribution in [-0.4, -0.2) is 23.5 Å². The summed E-state index contributed by atoms with van der Waals surface area (Å²) in [5.41, 5.74) is 1.80. The molecule has 2 N–H and O–H groups in total. The smallest absolute Gasteiger partial charge is 0.356 e. The predicted molar refractivity (Wildman–Crippen MR) is 104 cm³/mol. The maximum absolute atomic E-state index is 12.2. The number of H-pyrrole nitrogens is 1. The largest absolute Gasteiger partial charge is 0.451 e. The first-order valence-electron chi connectivity index (χ1n) is 7.04. The Hall–Kier alpha value is -1.87. The zero-order chi connectivity index (χ0) is 17.1. The number of fused-ring (bicyclic) bond motifs is 1. The van der Waals surface area contributed by atoms with Crippen molar-refractivity contribution in [1.29, 1.82) is 0 Å². The number of carbonyl (C=O) groups excluding carboxylic acids is 2. The highest BCUT2D eigenvalue weighted by atomic mass is 127. The van der Waals surface area contributed by atoms with Crippen LogP contribution in [0, 0.1) is 3.57 Å². The van der Waals surface area contributed by atoms with Gasteiger partial charge in [0.1, 0.15) is 5.69 Å². The van der Waals surface area contributed by atoms with E-state index in [1.54, 1.807) is 6.07 Å². The van der Waals surface area contributed by atoms with Crippen LogP contribution in [0.15, 0.2) is 53.0 Å². The van der Waals surface area contributed by atoms with Crippen molar-refractivity contribution in [2.24, 2.45) is 0 Å². The molecule has 0 aliphatic rings. The Bertz CT molecular complexity index is 923. The van der Waals surface area contributed by atoms with Gasteiger partial charge in [0.2, 0.25) is 0 Å². The molecule has 0 unspecified atom stereocenters. The van der Waals surface area contributed by atoms with Crippen molar-refractivity contribution in [2.45, 2.75) is 0 Å². The van der Waals surface area contributed by atoms with E-state index in [0.717, 1.165) is 14.5 Å². The Morgan fingerprint density at radius 2 is 1.83 bits per heavy atom. The molecule has 7 heteroatoms. The number of nitrogens with one attached hydrogen (secondary N) is 2. The number of ether oxygens (including phenoxy) is 1. The van der Waals surface area contributed by atoms with Crippen LogP contribution in [0.4, 0.5) is 5.69 Å². The Kier molecular flexibility index (Phi) is 5.20. The molecule has 0 saturated carbocycles. The topological polar surface area (TPSA) is 71.2 Å². The second kappa shape index (κ2) is 7.35. The minimum atomic E-state index is -0.587. The molecule has 2 aromatic carbocycles. The first-order chi connectivity index (χ1) is 11.6. The fourth-order valence-corrected chi connectivity index (χ4v) is 3.33. The monoisotopic (exact) mass is 498 g/mol. The third-order valence-corrected chi connectivity index (χ3v) is 5.09. The van der Waals surface area contributed by atoms with Crippen LogP contribution >= 0.6 is 38.5 Å². The number of rotatable bonds is 4. The molecule has 0 radical (unpaired) electrons. The molecule has 122 valence electrons. The fraction of sp³-hybridized carbons (Fsp3) is 0.0588. The predicted octanol–water partition coefficient (Wildman–Crippen LogP) is 4.33. The van der Waals surface area contributed by atoms with Crippen LogP contribution in [0.1, 0.15) is 10.5 Å². The molecule has 0 aliphatic heterocycles. The zero-order valence-corrected chi connectivity index (χ0v) is 16.1. The molecule has 24 heavy (non-hydrogen) atoms. The number of hydrogen-bond donors (Lipinski definition) is 2. The van der Waals surface area contributed by atoms with E-state index in [-0.39, 0.29) is 12.5 Å². The van der Waals surface area contributed by atoms with Gasteiger partial charge < -0.3 is 15.0 Å². The second-order valence-electron chi connectivity index (χ2n) is 4.96. The van der Waals surface area contributed by atoms with Gasteiger partial charge >= 0.3 is 5.97 Å². The molecule has 0 fully saturated rings. The lowest BCUT2D eigenvalue weighted by molar-refractivity contribution is -0.119. The molecular weight excluding hydrogens is 487 g/mol. The third-order valence-electron chi connectivity index (χ3n) is 3.33. The van der Waals surface area contributed by atoms with Gasteiger partial charge in [-0.05, 0) is 56.7 Å². The summed E-state index contributed by atoms with van der Waals surface area (Å²) in [6, 6.07) is 14.9. The first-order valence-corrected chi connectivity index (χ1v) is 8.91. The summed E-state index contributed by atoms with van der Waals surface area (Å²) >= 11 is 5.51. The molecule has 5 nitrogen and oxygen atoms in total. The normalized spacial score (nSPS) is 10.6. The van der Waals surface area contributed by atoms with Crippen molar-refractivity contribution in [3.8, 4) is 0 Å². The Labute approximate surface area is 160 Å². The van der Waals surface area contributed by atoms with Crippen LogP contribution in [0.3, 0.4) is 0 Å². The van der Waals surface area contributed by atoms with E-state index in [0.29, 0.717) is 15.9 Å². The maximum atomic E-state index is 12.2. The molecular formula is C17H12BrIN2O3. The highest BCUT2D eigenvalue weighted by Gasteiger charge is 2.18. The van der Waals surface area contributed by atoms with E-state index in [2.05, 4.69) is 48.8 Å². The Morgan fingerprint density at radius 1 is 1.12 bits per heavy atom. The number of anilines is 1. The summed E-state index contributed by atoms with van der Waals surface area (Å²) < 4.78 is 6.63. The number of carbonyl (C=O) groups is 2. The summed E-state index contributed by atoms with van der Waals surface area (Å²) in [5, 5.41) is 3.59. The molecule has 3 aromatic rings. The fourth-order valence-electron chi connectivity index (χ4n) is 2.20. The number of aromatic nitrogens is 1. The number of halogens is 2. The van der Waals surface area contributed by atoms with E-state index in [1.165, 1.54) is 0 Å². The number of benzene rings is 2. The second-order valence-corrected chi connectivity index (χ2v) is 6.92. The van der Waals surface area contributed by atoms with Gasteiger partial charge in [-0.3, -0.25) is 4.79 Å². The summed E-state index contributed by atoms with van der Waals surface area (Å²) in [4.78, 5) is 27.1. The van der Waals surface area contributed by atoms with Gasteiger partial charge in [0.15, 0.2) is 6.61 Å². The van der Waals surface area contributed by atoms with E-state index in [1.807, 2.05) is 42.5 Å². The molecule has 0 aliphatic carbocycles. The molecule has 3 rings (SSSR count). The number of aromatic amines is 1. The van der Waals surface area contributed by atoms with Gasteiger partial charge in [-0.15, -0.1) is 0 Å². The highest BCUT2D eigenvalue weighted by molar-refractivity contribution is 14.1. The maximum Gasteiger partial charge on any atom is 0.356 e. The minimum absolute atomic E-state index is 0.290. The van der Waals surface area contributed by atoms with E-state index >= 15 is 0 Å². The van der Waals surface area contributed by atoms with Gasteiger partial charge in [-0.2, -0.15) is 0 Å². The summed E-state index contributed by atoms with van der Waals surface area (Å²) in [7, 11) is 0. The van der Waals surface area contributed by atoms with Gasteiger partial charge in [0.25, 0.3) is 5.91 Å². The number of amides is 1. The highest BCUT2D eigenvalue weighted by Crippen LogP contribution is 2.28. The molecule has 1 heterocycles. The Morgan fingerprint density at radius 3 is 2.58 bits per heavy atom. The number of esters is 1. The third kappa shape index (κ3) is 3.62. The molecule has 0 bridgehead atoms. The van der Waals surface area contributed by atoms with E-state index in [4.69, 9.17) is 4.74 Å². The van der Waals surface area contributed by atoms with Crippen LogP contribution < -0.4 is 5.32 Å². The van der Waals surface area contributed by atoms with Crippen molar-refractivity contribution < 1.29 is 14.3 Å². The first kappa shape index (κ1) is 17.0. The number of para-hydroxylation sites is 2. The summed E-state index contributed by atoms with van der Waals surface area (Å²) in [6.45, 7) is -0.356. The lowest BCUT2D eigenvalue weighted by atomic mass is 10.2. The molecule has 1 amide bonds. The van der Waals surface area contributed by atoms with Crippen molar-refractivity contribution in [2.75, 3.05) is 11.9 Å². The Balaban J connectivity index is 1.65. The van der Waals surface area contributed by atoms with Crippen LogP contribution in [0.2, 0.25) is 0 Å². The lowest BCUT2D eigenvalue weighted by Gasteiger charge is -2.07. The van der Waals surface area contributed by atoms with Gasteiger partial charge in [0.05, 0.1) is 10.2 Å². The molecule has 1 aromatic heterocycles. The lowest BCUT2D eigenvalue weighted by Crippen LogP contribution is -2.21. The standard InChI is InChI=1S/C17H12BrIN2O3/c18-15-10-5-1-3-7-12(10)21-16(15)17(23)24-9-14(22)20-13-8-4-2-6-11(13)19/h1-8,21H,9H2,(H,20,22). The van der Waals surface area contributed by atoms with Gasteiger partial charge in [-0.1, -0.05) is 30.3 Å². The van der Waals surface area contributed by atoms with Gasteiger partial charge in [0, 0.05) is 14.5 Å². The van der Waals surface area contributed by atoms with Crippen molar-refractivity contribution in [3.05, 3.63) is 62.3 Å². The van der Waals surface area contributed by atoms with Crippen LogP contribution in [0.25, 0.3) is 10.9 Å². The summed E-state index contributed by atoms with van der Waals surface area (Å²) in [5.74, 6) is -0.976. The summed E-state index contributed by atoms with van der Waals surface area (Å²) in [6.07, 6.45) is 0. The van der Waals surface area contributed by atoms with Gasteiger partial charge in [-0.25, -0.2) is 4.79 Å². The van der Waals surface area contributed by atoms with Crippen LogP contribution in [0.5, 0.6) is 0 Å². The van der Waals surface area contributed by atoms with Crippen molar-refractivity contribution in [3.63, 3.8) is 0 Å². The van der Waals surface area contributed by atoms with Crippen LogP contribution in [-0.2, 0) is 9.53 Å². The minimum Gasteiger partial charge on any atom is -0.451 e. The van der Waals surface area contributed by atoms with Crippen molar-refractivity contribution in [1.82, 2.24) is 4.98 Å².